The van der Waals surface area contributed by atoms with Gasteiger partial charge in [-0.25, -0.2) is 8.42 Å². The smallest absolute Gasteiger partial charge is 0.269 e. The standard InChI is InChI=1S/C17H18N2O5S.C2H6/c20-16-10-14(13-4-2-1-3-5-13)11-18(12-16)25(23,24)17-8-6-15(7-9-17)19(21)22;1-2/h1-2,4,6-10,14,20H,3,5,11-12H2;1-2H3. The average Bonchev–Trinajstić information content (AvgIpc) is 2.70. The summed E-state index contributed by atoms with van der Waals surface area (Å²) in [6.45, 7) is 4.14. The van der Waals surface area contributed by atoms with Gasteiger partial charge in [-0.2, -0.15) is 4.31 Å². The summed E-state index contributed by atoms with van der Waals surface area (Å²) in [6, 6.07) is 4.78. The van der Waals surface area contributed by atoms with E-state index in [1.165, 1.54) is 28.6 Å². The predicted molar refractivity (Wildman–Crippen MR) is 104 cm³/mol. The van der Waals surface area contributed by atoms with Crippen molar-refractivity contribution in [1.82, 2.24) is 4.31 Å². The van der Waals surface area contributed by atoms with E-state index in [0.717, 1.165) is 18.4 Å². The molecule has 146 valence electrons. The quantitative estimate of drug-likeness (QED) is 0.617. The number of allylic oxidation sites excluding steroid dienone is 3. The summed E-state index contributed by atoms with van der Waals surface area (Å²) in [5.74, 6) is -0.163. The summed E-state index contributed by atoms with van der Waals surface area (Å²) in [7, 11) is -3.84. The molecule has 0 saturated carbocycles. The second-order valence-electron chi connectivity index (χ2n) is 6.02. The van der Waals surface area contributed by atoms with E-state index in [-0.39, 0.29) is 35.3 Å². The van der Waals surface area contributed by atoms with Crippen LogP contribution in [0.3, 0.4) is 0 Å². The lowest BCUT2D eigenvalue weighted by atomic mass is 9.90. The highest BCUT2D eigenvalue weighted by Gasteiger charge is 2.32. The maximum absolute atomic E-state index is 12.8. The van der Waals surface area contributed by atoms with Gasteiger partial charge >= 0.3 is 0 Å². The van der Waals surface area contributed by atoms with Gasteiger partial charge in [0, 0.05) is 24.6 Å². The van der Waals surface area contributed by atoms with Crippen molar-refractivity contribution in [2.75, 3.05) is 13.1 Å². The largest absolute Gasteiger partial charge is 0.511 e. The third kappa shape index (κ3) is 4.84. The van der Waals surface area contributed by atoms with Gasteiger partial charge in [0.2, 0.25) is 10.0 Å². The number of aliphatic hydroxyl groups is 1. The Kier molecular flexibility index (Phi) is 6.92. The fourth-order valence-corrected chi connectivity index (χ4v) is 4.47. The van der Waals surface area contributed by atoms with Gasteiger partial charge in [0.1, 0.15) is 5.76 Å². The fraction of sp³-hybridized carbons (Fsp3) is 0.368. The Labute approximate surface area is 159 Å². The first-order chi connectivity index (χ1) is 12.9. The van der Waals surface area contributed by atoms with Gasteiger partial charge in [-0.05, 0) is 31.1 Å². The van der Waals surface area contributed by atoms with Crippen LogP contribution < -0.4 is 0 Å². The minimum atomic E-state index is -3.84. The fourth-order valence-electron chi connectivity index (χ4n) is 3.03. The third-order valence-corrected chi connectivity index (χ3v) is 6.17. The molecule has 0 radical (unpaired) electrons. The van der Waals surface area contributed by atoms with E-state index < -0.39 is 14.9 Å². The lowest BCUT2D eigenvalue weighted by Crippen LogP contribution is -2.40. The third-order valence-electron chi connectivity index (χ3n) is 4.34. The molecule has 2 aliphatic rings. The highest BCUT2D eigenvalue weighted by atomic mass is 32.2. The SMILES string of the molecule is CC.O=[N+]([O-])c1ccc(S(=O)(=O)N2CC(O)=CC(C3=CC=CCC3)C2)cc1. The molecule has 1 atom stereocenters. The lowest BCUT2D eigenvalue weighted by Gasteiger charge is -2.31. The topological polar surface area (TPSA) is 101 Å². The molecule has 0 fully saturated rings. The second kappa shape index (κ2) is 8.96. The van der Waals surface area contributed by atoms with Gasteiger partial charge in [-0.15, -0.1) is 0 Å². The Balaban J connectivity index is 0.00000126. The summed E-state index contributed by atoms with van der Waals surface area (Å²) < 4.78 is 26.9. The molecule has 0 amide bonds. The molecule has 1 heterocycles. The van der Waals surface area contributed by atoms with Gasteiger partial charge in [-0.1, -0.05) is 37.6 Å². The van der Waals surface area contributed by atoms with Crippen LogP contribution in [0.5, 0.6) is 0 Å². The molecule has 1 aromatic rings. The first-order valence-corrected chi connectivity index (χ1v) is 10.3. The Morgan fingerprint density at radius 1 is 1.22 bits per heavy atom. The Hall–Kier alpha value is -2.45. The Morgan fingerprint density at radius 2 is 1.89 bits per heavy atom. The van der Waals surface area contributed by atoms with Crippen LogP contribution in [-0.2, 0) is 10.0 Å². The van der Waals surface area contributed by atoms with Crippen molar-refractivity contribution >= 4 is 15.7 Å². The zero-order valence-corrected chi connectivity index (χ0v) is 16.2. The zero-order chi connectivity index (χ0) is 20.0. The molecular weight excluding hydrogens is 368 g/mol. The number of rotatable bonds is 4. The summed E-state index contributed by atoms with van der Waals surface area (Å²) in [6.07, 6.45) is 9.37. The van der Waals surface area contributed by atoms with Crippen molar-refractivity contribution in [2.45, 2.75) is 31.6 Å². The molecule has 1 N–H and O–H groups in total. The molecule has 1 aliphatic heterocycles. The van der Waals surface area contributed by atoms with Crippen molar-refractivity contribution in [3.8, 4) is 0 Å². The van der Waals surface area contributed by atoms with E-state index in [4.69, 9.17) is 0 Å². The molecule has 3 rings (SSSR count). The van der Waals surface area contributed by atoms with Crippen LogP contribution in [0.2, 0.25) is 0 Å². The van der Waals surface area contributed by atoms with E-state index in [0.29, 0.717) is 0 Å². The number of hydrogen-bond donors (Lipinski definition) is 1. The minimum Gasteiger partial charge on any atom is -0.511 e. The molecule has 27 heavy (non-hydrogen) atoms. The molecular formula is C19H24N2O5S. The van der Waals surface area contributed by atoms with Crippen molar-refractivity contribution in [3.05, 3.63) is 70.0 Å². The van der Waals surface area contributed by atoms with Crippen molar-refractivity contribution in [2.24, 2.45) is 5.92 Å². The molecule has 1 aromatic carbocycles. The van der Waals surface area contributed by atoms with Gasteiger partial charge in [0.05, 0.1) is 16.4 Å². The van der Waals surface area contributed by atoms with Crippen LogP contribution in [0.15, 0.2) is 64.8 Å². The van der Waals surface area contributed by atoms with Crippen LogP contribution in [0.25, 0.3) is 0 Å². The summed E-state index contributed by atoms with van der Waals surface area (Å²) >= 11 is 0. The van der Waals surface area contributed by atoms with Gasteiger partial charge in [-0.3, -0.25) is 10.1 Å². The number of sulfonamides is 1. The molecule has 1 aliphatic carbocycles. The van der Waals surface area contributed by atoms with Crippen LogP contribution in [0, 0.1) is 16.0 Å². The molecule has 7 nitrogen and oxygen atoms in total. The maximum Gasteiger partial charge on any atom is 0.269 e. The van der Waals surface area contributed by atoms with Crippen LogP contribution in [-0.4, -0.2) is 35.8 Å². The first-order valence-electron chi connectivity index (χ1n) is 8.88. The molecule has 1 unspecified atom stereocenters. The number of nitro benzene ring substituents is 1. The number of non-ortho nitro benzene ring substituents is 1. The first kappa shape index (κ1) is 20.9. The average molecular weight is 392 g/mol. The van der Waals surface area contributed by atoms with Crippen LogP contribution >= 0.6 is 0 Å². The van der Waals surface area contributed by atoms with Crippen molar-refractivity contribution in [3.63, 3.8) is 0 Å². The van der Waals surface area contributed by atoms with E-state index in [1.807, 2.05) is 32.1 Å². The summed E-state index contributed by atoms with van der Waals surface area (Å²) in [5.41, 5.74) is 0.912. The number of nitro groups is 1. The monoisotopic (exact) mass is 392 g/mol. The van der Waals surface area contributed by atoms with Crippen LogP contribution in [0.4, 0.5) is 5.69 Å². The maximum atomic E-state index is 12.8. The second-order valence-corrected chi connectivity index (χ2v) is 7.96. The molecule has 0 spiro atoms. The van der Waals surface area contributed by atoms with Crippen molar-refractivity contribution < 1.29 is 18.4 Å². The van der Waals surface area contributed by atoms with Crippen LogP contribution in [0.1, 0.15) is 26.7 Å². The van der Waals surface area contributed by atoms with Crippen molar-refractivity contribution in [1.29, 1.82) is 0 Å². The minimum absolute atomic E-state index is 0.0113. The normalized spacial score (nSPS) is 20.1. The summed E-state index contributed by atoms with van der Waals surface area (Å²) in [4.78, 5) is 10.1. The molecule has 0 saturated heterocycles. The van der Waals surface area contributed by atoms with E-state index >= 15 is 0 Å². The van der Waals surface area contributed by atoms with Gasteiger partial charge < -0.3 is 5.11 Å². The van der Waals surface area contributed by atoms with E-state index in [2.05, 4.69) is 0 Å². The number of hydrogen-bond acceptors (Lipinski definition) is 5. The zero-order valence-electron chi connectivity index (χ0n) is 15.4. The summed E-state index contributed by atoms with van der Waals surface area (Å²) in [5, 5.41) is 20.7. The number of nitrogens with zero attached hydrogens (tertiary/aromatic N) is 2. The highest BCUT2D eigenvalue weighted by Crippen LogP contribution is 2.30. The van der Waals surface area contributed by atoms with E-state index in [1.54, 1.807) is 6.08 Å². The Morgan fingerprint density at radius 3 is 2.44 bits per heavy atom. The van der Waals surface area contributed by atoms with Gasteiger partial charge in [0.25, 0.3) is 5.69 Å². The lowest BCUT2D eigenvalue weighted by molar-refractivity contribution is -0.384. The number of benzene rings is 1. The van der Waals surface area contributed by atoms with Gasteiger partial charge in [0.15, 0.2) is 0 Å². The predicted octanol–water partition coefficient (Wildman–Crippen LogP) is 3.96. The molecule has 0 aromatic heterocycles. The number of aliphatic hydroxyl groups excluding tert-OH is 1. The Bertz CT molecular complexity index is 870. The molecule has 8 heteroatoms. The van der Waals surface area contributed by atoms with E-state index in [9.17, 15) is 23.6 Å². The highest BCUT2D eigenvalue weighted by molar-refractivity contribution is 7.89. The molecule has 0 bridgehead atoms.